The Kier molecular flexibility index (Phi) is 4.25. The van der Waals surface area contributed by atoms with Gasteiger partial charge in [-0.3, -0.25) is 0 Å². The van der Waals surface area contributed by atoms with E-state index in [1.807, 2.05) is 54.6 Å². The predicted molar refractivity (Wildman–Crippen MR) is 89.6 cm³/mol. The zero-order chi connectivity index (χ0) is 16.2. The molecule has 0 heterocycles. The van der Waals surface area contributed by atoms with Crippen LogP contribution in [0.15, 0.2) is 66.7 Å². The van der Waals surface area contributed by atoms with Crippen LogP contribution in [0.3, 0.4) is 0 Å². The van der Waals surface area contributed by atoms with Crippen molar-refractivity contribution in [2.24, 2.45) is 0 Å². The highest BCUT2D eigenvalue weighted by molar-refractivity contribution is 6.32. The Bertz CT molecular complexity index is 865. The summed E-state index contributed by atoms with van der Waals surface area (Å²) >= 11 is 0. The topological polar surface area (TPSA) is 0 Å². The fourth-order valence-electron chi connectivity index (χ4n) is 2.22. The van der Waals surface area contributed by atoms with Gasteiger partial charge in [-0.2, -0.15) is 0 Å². The molecule has 2 radical (unpaired) electrons. The molecule has 23 heavy (non-hydrogen) atoms. The van der Waals surface area contributed by atoms with Gasteiger partial charge in [0.1, 0.15) is 19.5 Å². The standard InChI is InChI=1S/C20H11BF2/c21-17-12-19(22)18(20(23)13-17)11-8-14-6-9-16(10-7-14)15-4-2-1-3-5-15/h1-7,9-10,12-13H. The Morgan fingerprint density at radius 2 is 1.26 bits per heavy atom. The Labute approximate surface area is 135 Å². The van der Waals surface area contributed by atoms with Crippen molar-refractivity contribution in [2.75, 3.05) is 0 Å². The number of halogens is 2. The molecular weight excluding hydrogens is 289 g/mol. The molecule has 0 bridgehead atoms. The van der Waals surface area contributed by atoms with Crippen molar-refractivity contribution in [1.29, 1.82) is 0 Å². The highest BCUT2D eigenvalue weighted by atomic mass is 19.1. The number of hydrogen-bond acceptors (Lipinski definition) is 0. The number of benzene rings is 3. The Morgan fingerprint density at radius 1 is 0.696 bits per heavy atom. The van der Waals surface area contributed by atoms with Crippen LogP contribution in [0.4, 0.5) is 8.78 Å². The average Bonchev–Trinajstić information content (AvgIpc) is 2.55. The van der Waals surface area contributed by atoms with E-state index in [4.69, 9.17) is 7.85 Å². The summed E-state index contributed by atoms with van der Waals surface area (Å²) in [7, 11) is 5.38. The lowest BCUT2D eigenvalue weighted by Gasteiger charge is -2.01. The van der Waals surface area contributed by atoms with Gasteiger partial charge in [0.15, 0.2) is 0 Å². The molecule has 0 N–H and O–H groups in total. The van der Waals surface area contributed by atoms with Crippen molar-refractivity contribution in [3.8, 4) is 23.0 Å². The van der Waals surface area contributed by atoms with E-state index in [1.165, 1.54) is 0 Å². The molecule has 108 valence electrons. The first-order valence-corrected chi connectivity index (χ1v) is 7.05. The molecule has 0 fully saturated rings. The second-order valence-corrected chi connectivity index (χ2v) is 5.05. The average molecular weight is 300 g/mol. The van der Waals surface area contributed by atoms with Crippen LogP contribution < -0.4 is 5.46 Å². The quantitative estimate of drug-likeness (QED) is 0.473. The maximum absolute atomic E-state index is 13.7. The third-order valence-corrected chi connectivity index (χ3v) is 3.39. The van der Waals surface area contributed by atoms with Gasteiger partial charge in [0, 0.05) is 5.56 Å². The molecule has 0 aliphatic heterocycles. The van der Waals surface area contributed by atoms with Crippen LogP contribution in [0.2, 0.25) is 0 Å². The van der Waals surface area contributed by atoms with E-state index < -0.39 is 11.6 Å². The van der Waals surface area contributed by atoms with E-state index in [0.29, 0.717) is 5.56 Å². The molecule has 0 aliphatic carbocycles. The number of rotatable bonds is 1. The zero-order valence-corrected chi connectivity index (χ0v) is 12.2. The minimum Gasteiger partial charge on any atom is -0.206 e. The van der Waals surface area contributed by atoms with Gasteiger partial charge >= 0.3 is 0 Å². The molecule has 3 aromatic carbocycles. The van der Waals surface area contributed by atoms with Gasteiger partial charge in [0.2, 0.25) is 0 Å². The summed E-state index contributed by atoms with van der Waals surface area (Å²) in [5.41, 5.74) is 2.60. The third kappa shape index (κ3) is 3.49. The van der Waals surface area contributed by atoms with Crippen LogP contribution in [0.5, 0.6) is 0 Å². The van der Waals surface area contributed by atoms with Crippen molar-refractivity contribution in [2.45, 2.75) is 0 Å². The van der Waals surface area contributed by atoms with E-state index in [2.05, 4.69) is 11.8 Å². The molecule has 0 amide bonds. The van der Waals surface area contributed by atoms with Gasteiger partial charge in [-0.15, -0.1) is 0 Å². The van der Waals surface area contributed by atoms with Gasteiger partial charge in [0.05, 0.1) is 5.56 Å². The molecule has 0 aliphatic rings. The summed E-state index contributed by atoms with van der Waals surface area (Å²) in [4.78, 5) is 0. The smallest absolute Gasteiger partial charge is 0.141 e. The van der Waals surface area contributed by atoms with Crippen LogP contribution in [0, 0.1) is 23.5 Å². The summed E-state index contributed by atoms with van der Waals surface area (Å²) in [6.07, 6.45) is 0. The van der Waals surface area contributed by atoms with Gasteiger partial charge in [0.25, 0.3) is 0 Å². The highest BCUT2D eigenvalue weighted by Crippen LogP contribution is 2.19. The fourth-order valence-corrected chi connectivity index (χ4v) is 2.22. The minimum absolute atomic E-state index is 0.0396. The van der Waals surface area contributed by atoms with Crippen LogP contribution in [-0.4, -0.2) is 7.85 Å². The molecule has 0 atom stereocenters. The molecule has 0 spiro atoms. The van der Waals surface area contributed by atoms with Crippen LogP contribution >= 0.6 is 0 Å². The Hall–Kier alpha value is -2.86. The summed E-state index contributed by atoms with van der Waals surface area (Å²) in [5.74, 6) is 3.79. The molecule has 0 saturated heterocycles. The number of hydrogen-bond donors (Lipinski definition) is 0. The summed E-state index contributed by atoms with van der Waals surface area (Å²) in [6.45, 7) is 0. The fraction of sp³-hybridized carbons (Fsp3) is 0. The zero-order valence-electron chi connectivity index (χ0n) is 12.2. The molecule has 0 aromatic heterocycles. The lowest BCUT2D eigenvalue weighted by molar-refractivity contribution is 0.579. The summed E-state index contributed by atoms with van der Waals surface area (Å²) in [6, 6.07) is 19.5. The van der Waals surface area contributed by atoms with E-state index in [-0.39, 0.29) is 11.0 Å². The van der Waals surface area contributed by atoms with Crippen molar-refractivity contribution >= 4 is 13.3 Å². The van der Waals surface area contributed by atoms with Gasteiger partial charge in [-0.25, -0.2) is 8.78 Å². The predicted octanol–water partition coefficient (Wildman–Crippen LogP) is 3.83. The monoisotopic (exact) mass is 300 g/mol. The van der Waals surface area contributed by atoms with E-state index in [1.54, 1.807) is 0 Å². The lowest BCUT2D eigenvalue weighted by atomic mass is 9.94. The Balaban J connectivity index is 1.88. The maximum atomic E-state index is 13.7. The van der Waals surface area contributed by atoms with Crippen molar-refractivity contribution in [1.82, 2.24) is 0 Å². The summed E-state index contributed by atoms with van der Waals surface area (Å²) < 4.78 is 27.4. The van der Waals surface area contributed by atoms with E-state index in [0.717, 1.165) is 23.3 Å². The first-order valence-electron chi connectivity index (χ1n) is 7.05. The lowest BCUT2D eigenvalue weighted by Crippen LogP contribution is -2.06. The first-order chi connectivity index (χ1) is 11.1. The van der Waals surface area contributed by atoms with E-state index >= 15 is 0 Å². The molecule has 3 heteroatoms. The molecule has 0 nitrogen and oxygen atoms in total. The van der Waals surface area contributed by atoms with Crippen molar-refractivity contribution in [3.63, 3.8) is 0 Å². The highest BCUT2D eigenvalue weighted by Gasteiger charge is 2.06. The van der Waals surface area contributed by atoms with Crippen LogP contribution in [0.25, 0.3) is 11.1 Å². The van der Waals surface area contributed by atoms with Crippen LogP contribution in [-0.2, 0) is 0 Å². The van der Waals surface area contributed by atoms with Crippen LogP contribution in [0.1, 0.15) is 11.1 Å². The third-order valence-electron chi connectivity index (χ3n) is 3.39. The molecule has 3 rings (SSSR count). The maximum Gasteiger partial charge on any atom is 0.141 e. The second kappa shape index (κ2) is 6.50. The normalized spacial score (nSPS) is 10.0. The molecule has 0 unspecified atom stereocenters. The van der Waals surface area contributed by atoms with Gasteiger partial charge < -0.3 is 0 Å². The van der Waals surface area contributed by atoms with Gasteiger partial charge in [-0.1, -0.05) is 59.8 Å². The second-order valence-electron chi connectivity index (χ2n) is 5.05. The summed E-state index contributed by atoms with van der Waals surface area (Å²) in [5, 5.41) is 0. The van der Waals surface area contributed by atoms with Gasteiger partial charge in [-0.05, 0) is 35.4 Å². The largest absolute Gasteiger partial charge is 0.206 e. The van der Waals surface area contributed by atoms with E-state index in [9.17, 15) is 8.78 Å². The van der Waals surface area contributed by atoms with Crippen molar-refractivity contribution < 1.29 is 8.78 Å². The molecule has 3 aromatic rings. The SMILES string of the molecule is [B]c1cc(F)c(C#Cc2ccc(-c3ccccc3)cc2)c(F)c1. The Morgan fingerprint density at radius 3 is 1.87 bits per heavy atom. The first kappa shape index (κ1) is 15.1. The minimum atomic E-state index is -0.754. The molecular formula is C20H11BF2. The molecule has 0 saturated carbocycles. The van der Waals surface area contributed by atoms with Crippen molar-refractivity contribution in [3.05, 3.63) is 89.5 Å².